The first kappa shape index (κ1) is 25.0. The fourth-order valence-electron chi connectivity index (χ4n) is 3.39. The van der Waals surface area contributed by atoms with Gasteiger partial charge >= 0.3 is 6.18 Å². The molecule has 11 heteroatoms. The monoisotopic (exact) mass is 478 g/mol. The van der Waals surface area contributed by atoms with Crippen molar-refractivity contribution in [1.29, 1.82) is 0 Å². The Bertz CT molecular complexity index is 1200. The van der Waals surface area contributed by atoms with Crippen LogP contribution in [0.5, 0.6) is 11.6 Å². The smallest absolute Gasteiger partial charge is 0.435 e. The van der Waals surface area contributed by atoms with Crippen LogP contribution >= 0.6 is 0 Å². The van der Waals surface area contributed by atoms with Crippen molar-refractivity contribution < 1.29 is 31.8 Å². The van der Waals surface area contributed by atoms with Gasteiger partial charge in [-0.25, -0.2) is 4.98 Å². The van der Waals surface area contributed by atoms with E-state index in [0.717, 1.165) is 18.6 Å². The molecule has 34 heavy (non-hydrogen) atoms. The maximum Gasteiger partial charge on any atom is 0.435 e. The quantitative estimate of drug-likeness (QED) is 0.342. The standard InChI is InChI=1S/C23H22F4N4O3/c1-5-16(33-4)14-7-6-8-15(11-14)29-21(32)19-12(2)20(23(25,26)27)30-31-22(19)34-17-9-10-18(24)28-13(17)3/h6-11,16H,5H2,1-4H3,(H,29,32)/t16-/m1/s1. The maximum atomic E-state index is 13.5. The zero-order chi connectivity index (χ0) is 25.0. The lowest BCUT2D eigenvalue weighted by molar-refractivity contribution is -0.142. The highest BCUT2D eigenvalue weighted by molar-refractivity contribution is 6.07. The molecule has 0 aliphatic carbocycles. The van der Waals surface area contributed by atoms with E-state index in [4.69, 9.17) is 9.47 Å². The molecule has 0 saturated carbocycles. The highest BCUT2D eigenvalue weighted by Gasteiger charge is 2.38. The molecule has 2 heterocycles. The van der Waals surface area contributed by atoms with Crippen LogP contribution in [-0.4, -0.2) is 28.2 Å². The first-order chi connectivity index (χ1) is 16.0. The van der Waals surface area contributed by atoms with Crippen LogP contribution in [0.4, 0.5) is 23.2 Å². The van der Waals surface area contributed by atoms with Gasteiger partial charge in [0.2, 0.25) is 5.95 Å². The summed E-state index contributed by atoms with van der Waals surface area (Å²) in [4.78, 5) is 16.8. The van der Waals surface area contributed by atoms with Crippen LogP contribution in [0.1, 0.15) is 52.3 Å². The normalized spacial score (nSPS) is 12.4. The number of amides is 1. The van der Waals surface area contributed by atoms with Crippen molar-refractivity contribution >= 4 is 11.6 Å². The Morgan fingerprint density at radius 3 is 2.50 bits per heavy atom. The summed E-state index contributed by atoms with van der Waals surface area (Å²) in [6.07, 6.45) is -4.38. The largest absolute Gasteiger partial charge is 0.435 e. The summed E-state index contributed by atoms with van der Waals surface area (Å²) >= 11 is 0. The van der Waals surface area contributed by atoms with Gasteiger partial charge in [-0.3, -0.25) is 4.79 Å². The number of halogens is 4. The van der Waals surface area contributed by atoms with Gasteiger partial charge < -0.3 is 14.8 Å². The van der Waals surface area contributed by atoms with Crippen molar-refractivity contribution in [3.8, 4) is 11.6 Å². The topological polar surface area (TPSA) is 86.2 Å². The lowest BCUT2D eigenvalue weighted by Gasteiger charge is -2.17. The summed E-state index contributed by atoms with van der Waals surface area (Å²) in [6, 6.07) is 9.00. The van der Waals surface area contributed by atoms with Gasteiger partial charge in [0.25, 0.3) is 11.8 Å². The molecule has 3 rings (SSSR count). The molecule has 2 aromatic heterocycles. The first-order valence-corrected chi connectivity index (χ1v) is 10.2. The van der Waals surface area contributed by atoms with Gasteiger partial charge in [-0.2, -0.15) is 17.6 Å². The molecule has 0 aliphatic heterocycles. The molecule has 0 aliphatic rings. The van der Waals surface area contributed by atoms with Gasteiger partial charge in [0.15, 0.2) is 11.4 Å². The number of methoxy groups -OCH3 is 1. The third-order valence-electron chi connectivity index (χ3n) is 5.06. The molecule has 0 unspecified atom stereocenters. The number of aryl methyl sites for hydroxylation is 1. The van der Waals surface area contributed by atoms with Crippen molar-refractivity contribution in [2.45, 2.75) is 39.5 Å². The van der Waals surface area contributed by atoms with Gasteiger partial charge in [0.1, 0.15) is 5.56 Å². The van der Waals surface area contributed by atoms with Crippen LogP contribution in [0.3, 0.4) is 0 Å². The predicted octanol–water partition coefficient (Wildman–Crippen LogP) is 5.79. The Morgan fingerprint density at radius 1 is 1.15 bits per heavy atom. The van der Waals surface area contributed by atoms with Crippen LogP contribution in [0.25, 0.3) is 0 Å². The van der Waals surface area contributed by atoms with E-state index in [9.17, 15) is 22.4 Å². The van der Waals surface area contributed by atoms with Crippen LogP contribution in [0.2, 0.25) is 0 Å². The Balaban J connectivity index is 2.04. The number of aromatic nitrogens is 3. The summed E-state index contributed by atoms with van der Waals surface area (Å²) in [5, 5.41) is 9.30. The van der Waals surface area contributed by atoms with Crippen molar-refractivity contribution in [2.75, 3.05) is 12.4 Å². The van der Waals surface area contributed by atoms with Gasteiger partial charge in [0.05, 0.1) is 11.8 Å². The molecule has 0 bridgehead atoms. The molecule has 1 N–H and O–H groups in total. The summed E-state index contributed by atoms with van der Waals surface area (Å²) in [6.45, 7) is 4.47. The summed E-state index contributed by atoms with van der Waals surface area (Å²) in [5.41, 5.74) is -1.01. The van der Waals surface area contributed by atoms with Crippen LogP contribution in [0.15, 0.2) is 36.4 Å². The summed E-state index contributed by atoms with van der Waals surface area (Å²) < 4.78 is 64.7. The Hall–Kier alpha value is -3.60. The molecule has 1 atom stereocenters. The number of benzene rings is 1. The van der Waals surface area contributed by atoms with Crippen LogP contribution < -0.4 is 10.1 Å². The number of nitrogens with one attached hydrogen (secondary N) is 1. The van der Waals surface area contributed by atoms with Crippen LogP contribution in [-0.2, 0) is 10.9 Å². The summed E-state index contributed by atoms with van der Waals surface area (Å²) in [5.74, 6) is -2.11. The number of anilines is 1. The minimum absolute atomic E-state index is 0.0109. The third kappa shape index (κ3) is 5.48. The van der Waals surface area contributed by atoms with E-state index in [2.05, 4.69) is 20.5 Å². The zero-order valence-electron chi connectivity index (χ0n) is 18.8. The van der Waals surface area contributed by atoms with Gasteiger partial charge in [0, 0.05) is 12.8 Å². The Labute approximate surface area is 193 Å². The fraction of sp³-hybridized carbons (Fsp3) is 0.304. The van der Waals surface area contributed by atoms with Crippen LogP contribution in [0, 0.1) is 19.8 Å². The molecule has 0 radical (unpaired) electrons. The average molecular weight is 478 g/mol. The van der Waals surface area contributed by atoms with Crippen molar-refractivity contribution in [3.05, 3.63) is 70.4 Å². The number of nitrogens with zero attached hydrogens (tertiary/aromatic N) is 3. The second-order valence-corrected chi connectivity index (χ2v) is 7.38. The number of pyridine rings is 1. The number of carbonyl (C=O) groups is 1. The minimum Gasteiger partial charge on any atom is -0.435 e. The third-order valence-corrected chi connectivity index (χ3v) is 5.06. The van der Waals surface area contributed by atoms with E-state index in [1.165, 1.54) is 13.0 Å². The molecule has 180 valence electrons. The lowest BCUT2D eigenvalue weighted by atomic mass is 10.1. The summed E-state index contributed by atoms with van der Waals surface area (Å²) in [7, 11) is 1.56. The van der Waals surface area contributed by atoms with Crippen molar-refractivity contribution in [1.82, 2.24) is 15.2 Å². The number of rotatable bonds is 7. The molecular formula is C23H22F4N4O3. The molecule has 0 saturated heterocycles. The SMILES string of the molecule is CC[C@@H](OC)c1cccc(NC(=O)c2c(Oc3ccc(F)nc3C)nnc(C(F)(F)F)c2C)c1. The first-order valence-electron chi connectivity index (χ1n) is 10.2. The van der Waals surface area contributed by atoms with Gasteiger partial charge in [-0.15, -0.1) is 10.2 Å². The highest BCUT2D eigenvalue weighted by atomic mass is 19.4. The maximum absolute atomic E-state index is 13.5. The number of hydrogen-bond donors (Lipinski definition) is 1. The van der Waals surface area contributed by atoms with E-state index in [1.807, 2.05) is 13.0 Å². The average Bonchev–Trinajstić information content (AvgIpc) is 2.76. The van der Waals surface area contributed by atoms with E-state index in [-0.39, 0.29) is 17.5 Å². The fourth-order valence-corrected chi connectivity index (χ4v) is 3.39. The number of alkyl halides is 3. The van der Waals surface area contributed by atoms with Gasteiger partial charge in [-0.1, -0.05) is 19.1 Å². The zero-order valence-corrected chi connectivity index (χ0v) is 18.8. The lowest BCUT2D eigenvalue weighted by Crippen LogP contribution is -2.21. The molecule has 1 aromatic carbocycles. The molecule has 0 spiro atoms. The molecule has 3 aromatic rings. The van der Waals surface area contributed by atoms with Crippen molar-refractivity contribution in [3.63, 3.8) is 0 Å². The molecule has 7 nitrogen and oxygen atoms in total. The Morgan fingerprint density at radius 2 is 1.88 bits per heavy atom. The predicted molar refractivity (Wildman–Crippen MR) is 115 cm³/mol. The minimum atomic E-state index is -4.84. The van der Waals surface area contributed by atoms with Gasteiger partial charge in [-0.05, 0) is 55.7 Å². The molecule has 1 amide bonds. The molecule has 0 fully saturated rings. The van der Waals surface area contributed by atoms with E-state index >= 15 is 0 Å². The van der Waals surface area contributed by atoms with E-state index < -0.39 is 40.7 Å². The second kappa shape index (κ2) is 10.1. The van der Waals surface area contributed by atoms with Crippen molar-refractivity contribution in [2.24, 2.45) is 0 Å². The Kier molecular flexibility index (Phi) is 7.45. The molecular weight excluding hydrogens is 456 g/mol. The van der Waals surface area contributed by atoms with E-state index in [0.29, 0.717) is 12.1 Å². The number of ether oxygens (including phenoxy) is 2. The number of hydrogen-bond acceptors (Lipinski definition) is 6. The highest BCUT2D eigenvalue weighted by Crippen LogP contribution is 2.35. The van der Waals surface area contributed by atoms with E-state index in [1.54, 1.807) is 25.3 Å². The number of carbonyl (C=O) groups excluding carboxylic acids is 1. The second-order valence-electron chi connectivity index (χ2n) is 7.38.